The first-order chi connectivity index (χ1) is 16.5. The second-order valence-electron chi connectivity index (χ2n) is 8.27. The number of carbonyl (C=O) groups excluding carboxylic acids is 1. The van der Waals surface area contributed by atoms with Crippen LogP contribution in [-0.4, -0.2) is 48.5 Å². The zero-order valence-corrected chi connectivity index (χ0v) is 19.1. The first kappa shape index (κ1) is 23.1. The number of rotatable bonds is 8. The second kappa shape index (κ2) is 10.7. The van der Waals surface area contributed by atoms with Crippen LogP contribution in [0.5, 0.6) is 5.75 Å². The van der Waals surface area contributed by atoms with Crippen molar-refractivity contribution in [3.8, 4) is 5.75 Å². The number of piperazine rings is 1. The SMILES string of the molecule is Cc1ccc(OCC(=O)N2CCN(c3ccc([N+](=O)[O-])c(NCc4ccccc4)c3)CC2)cc1. The fraction of sp³-hybridized carbons (Fsp3) is 0.269. The first-order valence-corrected chi connectivity index (χ1v) is 11.3. The molecule has 1 N–H and O–H groups in total. The lowest BCUT2D eigenvalue weighted by Gasteiger charge is -2.36. The fourth-order valence-electron chi connectivity index (χ4n) is 3.90. The minimum absolute atomic E-state index is 0.00808. The molecule has 1 aliphatic heterocycles. The van der Waals surface area contributed by atoms with Gasteiger partial charge in [-0.05, 0) is 36.8 Å². The molecule has 8 nitrogen and oxygen atoms in total. The van der Waals surface area contributed by atoms with Gasteiger partial charge in [-0.15, -0.1) is 0 Å². The average Bonchev–Trinajstić information content (AvgIpc) is 2.87. The summed E-state index contributed by atoms with van der Waals surface area (Å²) in [6.07, 6.45) is 0. The van der Waals surface area contributed by atoms with Gasteiger partial charge >= 0.3 is 0 Å². The van der Waals surface area contributed by atoms with E-state index in [-0.39, 0.29) is 23.1 Å². The van der Waals surface area contributed by atoms with E-state index < -0.39 is 0 Å². The van der Waals surface area contributed by atoms with Crippen LogP contribution in [0.2, 0.25) is 0 Å². The lowest BCUT2D eigenvalue weighted by molar-refractivity contribution is -0.384. The van der Waals surface area contributed by atoms with E-state index in [4.69, 9.17) is 4.74 Å². The molecule has 176 valence electrons. The van der Waals surface area contributed by atoms with E-state index in [0.717, 1.165) is 16.8 Å². The molecule has 0 atom stereocenters. The Kier molecular flexibility index (Phi) is 7.27. The molecule has 1 heterocycles. The van der Waals surface area contributed by atoms with Crippen molar-refractivity contribution in [2.75, 3.05) is 43.0 Å². The van der Waals surface area contributed by atoms with Gasteiger partial charge in [0.15, 0.2) is 6.61 Å². The van der Waals surface area contributed by atoms with E-state index in [2.05, 4.69) is 10.2 Å². The number of nitrogens with one attached hydrogen (secondary N) is 1. The molecule has 3 aromatic rings. The molecule has 0 bridgehead atoms. The summed E-state index contributed by atoms with van der Waals surface area (Å²) in [5, 5.41) is 14.7. The number of amides is 1. The van der Waals surface area contributed by atoms with Crippen LogP contribution in [0.4, 0.5) is 17.1 Å². The number of ether oxygens (including phenoxy) is 1. The summed E-state index contributed by atoms with van der Waals surface area (Å²) < 4.78 is 5.63. The van der Waals surface area contributed by atoms with E-state index in [1.54, 1.807) is 11.0 Å². The molecule has 1 saturated heterocycles. The highest BCUT2D eigenvalue weighted by molar-refractivity contribution is 5.78. The molecule has 0 unspecified atom stereocenters. The van der Waals surface area contributed by atoms with Crippen molar-refractivity contribution >= 4 is 23.0 Å². The van der Waals surface area contributed by atoms with Crippen LogP contribution in [0, 0.1) is 17.0 Å². The van der Waals surface area contributed by atoms with Crippen LogP contribution in [0.3, 0.4) is 0 Å². The third-order valence-corrected chi connectivity index (χ3v) is 5.88. The van der Waals surface area contributed by atoms with Crippen molar-refractivity contribution in [1.29, 1.82) is 0 Å². The van der Waals surface area contributed by atoms with Crippen molar-refractivity contribution in [1.82, 2.24) is 4.90 Å². The zero-order valence-electron chi connectivity index (χ0n) is 19.1. The maximum absolute atomic E-state index is 12.6. The monoisotopic (exact) mass is 460 g/mol. The molecular weight excluding hydrogens is 432 g/mol. The number of hydrogen-bond acceptors (Lipinski definition) is 6. The van der Waals surface area contributed by atoms with E-state index in [1.807, 2.05) is 67.6 Å². The van der Waals surface area contributed by atoms with Gasteiger partial charge in [0.2, 0.25) is 0 Å². The van der Waals surface area contributed by atoms with E-state index in [9.17, 15) is 14.9 Å². The summed E-state index contributed by atoms with van der Waals surface area (Å²) in [6, 6.07) is 22.5. The van der Waals surface area contributed by atoms with Gasteiger partial charge in [-0.25, -0.2) is 0 Å². The van der Waals surface area contributed by atoms with Crippen LogP contribution in [0.25, 0.3) is 0 Å². The van der Waals surface area contributed by atoms with Gasteiger partial charge in [0.05, 0.1) is 4.92 Å². The highest BCUT2D eigenvalue weighted by atomic mass is 16.6. The minimum Gasteiger partial charge on any atom is -0.484 e. The molecule has 1 amide bonds. The second-order valence-corrected chi connectivity index (χ2v) is 8.27. The molecule has 0 radical (unpaired) electrons. The lowest BCUT2D eigenvalue weighted by atomic mass is 10.1. The fourth-order valence-corrected chi connectivity index (χ4v) is 3.90. The Morgan fingerprint density at radius 1 is 1.00 bits per heavy atom. The van der Waals surface area contributed by atoms with Gasteiger partial charge in [-0.3, -0.25) is 14.9 Å². The molecule has 0 aliphatic carbocycles. The largest absolute Gasteiger partial charge is 0.484 e. The standard InChI is InChI=1S/C26H28N4O4/c1-20-7-10-23(11-8-20)34-19-26(31)29-15-13-28(14-16-29)22-9-12-25(30(32)33)24(17-22)27-18-21-5-3-2-4-6-21/h2-12,17,27H,13-16,18-19H2,1H3. The predicted octanol–water partition coefficient (Wildman–Crippen LogP) is 4.24. The van der Waals surface area contributed by atoms with Crippen molar-refractivity contribution in [3.05, 3.63) is 94.0 Å². The Morgan fingerprint density at radius 3 is 2.38 bits per heavy atom. The van der Waals surface area contributed by atoms with Crippen molar-refractivity contribution in [3.63, 3.8) is 0 Å². The summed E-state index contributed by atoms with van der Waals surface area (Å²) in [7, 11) is 0. The number of carbonyl (C=O) groups is 1. The molecule has 1 fully saturated rings. The highest BCUT2D eigenvalue weighted by Gasteiger charge is 2.23. The summed E-state index contributed by atoms with van der Waals surface area (Å²) in [6.45, 7) is 4.93. The van der Waals surface area contributed by atoms with Gasteiger partial charge < -0.3 is 19.9 Å². The molecule has 0 aromatic heterocycles. The van der Waals surface area contributed by atoms with Crippen LogP contribution in [0.1, 0.15) is 11.1 Å². The summed E-state index contributed by atoms with van der Waals surface area (Å²) in [4.78, 5) is 27.7. The Balaban J connectivity index is 1.35. The topological polar surface area (TPSA) is 88.0 Å². The number of nitro groups is 1. The summed E-state index contributed by atoms with van der Waals surface area (Å²) >= 11 is 0. The number of anilines is 2. The van der Waals surface area contributed by atoms with Gasteiger partial charge in [0.1, 0.15) is 11.4 Å². The predicted molar refractivity (Wildman–Crippen MR) is 132 cm³/mol. The molecule has 8 heteroatoms. The molecule has 0 saturated carbocycles. The van der Waals surface area contributed by atoms with Crippen molar-refractivity contribution in [2.24, 2.45) is 0 Å². The smallest absolute Gasteiger partial charge is 0.292 e. The van der Waals surface area contributed by atoms with Crippen LogP contribution < -0.4 is 15.0 Å². The summed E-state index contributed by atoms with van der Waals surface area (Å²) in [5.74, 6) is 0.633. The Morgan fingerprint density at radius 2 is 1.71 bits per heavy atom. The highest BCUT2D eigenvalue weighted by Crippen LogP contribution is 2.30. The van der Waals surface area contributed by atoms with Gasteiger partial charge in [0, 0.05) is 44.5 Å². The number of hydrogen-bond donors (Lipinski definition) is 1. The molecule has 3 aromatic carbocycles. The van der Waals surface area contributed by atoms with Gasteiger partial charge in [0.25, 0.3) is 11.6 Å². The zero-order chi connectivity index (χ0) is 23.9. The van der Waals surface area contributed by atoms with Gasteiger partial charge in [-0.1, -0.05) is 48.0 Å². The summed E-state index contributed by atoms with van der Waals surface area (Å²) in [5.41, 5.74) is 3.60. The Hall–Kier alpha value is -4.07. The van der Waals surface area contributed by atoms with E-state index in [0.29, 0.717) is 44.2 Å². The number of nitro benzene ring substituents is 1. The van der Waals surface area contributed by atoms with Gasteiger partial charge in [-0.2, -0.15) is 0 Å². The number of benzene rings is 3. The van der Waals surface area contributed by atoms with Crippen LogP contribution in [-0.2, 0) is 11.3 Å². The molecular formula is C26H28N4O4. The van der Waals surface area contributed by atoms with E-state index in [1.165, 1.54) is 6.07 Å². The first-order valence-electron chi connectivity index (χ1n) is 11.3. The lowest BCUT2D eigenvalue weighted by Crippen LogP contribution is -2.50. The van der Waals surface area contributed by atoms with Crippen LogP contribution in [0.15, 0.2) is 72.8 Å². The number of aryl methyl sites for hydroxylation is 1. The molecule has 0 spiro atoms. The van der Waals surface area contributed by atoms with Crippen molar-refractivity contribution < 1.29 is 14.5 Å². The molecule has 34 heavy (non-hydrogen) atoms. The third-order valence-electron chi connectivity index (χ3n) is 5.88. The third kappa shape index (κ3) is 5.83. The van der Waals surface area contributed by atoms with Crippen LogP contribution >= 0.6 is 0 Å². The maximum Gasteiger partial charge on any atom is 0.292 e. The molecule has 4 rings (SSSR count). The van der Waals surface area contributed by atoms with Crippen molar-refractivity contribution in [2.45, 2.75) is 13.5 Å². The quantitative estimate of drug-likeness (QED) is 0.400. The van der Waals surface area contributed by atoms with E-state index >= 15 is 0 Å². The minimum atomic E-state index is -0.373. The average molecular weight is 461 g/mol. The normalized spacial score (nSPS) is 13.4. The maximum atomic E-state index is 12.6. The Labute approximate surface area is 198 Å². The number of nitrogens with zero attached hydrogens (tertiary/aromatic N) is 3. The Bertz CT molecular complexity index is 1130. The molecule has 1 aliphatic rings.